The highest BCUT2D eigenvalue weighted by Crippen LogP contribution is 2.20. The highest BCUT2D eigenvalue weighted by molar-refractivity contribution is 6.30. The van der Waals surface area contributed by atoms with Gasteiger partial charge in [0.25, 0.3) is 0 Å². The van der Waals surface area contributed by atoms with E-state index in [1.54, 1.807) is 25.1 Å². The average Bonchev–Trinajstić information content (AvgIpc) is 2.57. The Kier molecular flexibility index (Phi) is 6.32. The summed E-state index contributed by atoms with van der Waals surface area (Å²) < 4.78 is 4.79. The zero-order valence-electron chi connectivity index (χ0n) is 13.3. The Hall–Kier alpha value is -2.40. The number of hydrogen-bond acceptors (Lipinski definition) is 5. The van der Waals surface area contributed by atoms with Gasteiger partial charge in [-0.1, -0.05) is 23.7 Å². The van der Waals surface area contributed by atoms with Crippen LogP contribution in [0.4, 0.5) is 0 Å². The largest absolute Gasteiger partial charge is 0.506 e. The molecular formula is C18H18ClNO4. The Morgan fingerprint density at radius 3 is 2.50 bits per heavy atom. The molecule has 2 aromatic rings. The monoisotopic (exact) mass is 347 g/mol. The summed E-state index contributed by atoms with van der Waals surface area (Å²) >= 11 is 5.85. The number of benzene rings is 1. The van der Waals surface area contributed by atoms with Crippen molar-refractivity contribution >= 4 is 23.4 Å². The highest BCUT2D eigenvalue weighted by atomic mass is 35.5. The summed E-state index contributed by atoms with van der Waals surface area (Å²) in [5.74, 6) is -1.02. The quantitative estimate of drug-likeness (QED) is 0.612. The van der Waals surface area contributed by atoms with Gasteiger partial charge in [0.2, 0.25) is 0 Å². The molecule has 0 aliphatic heterocycles. The van der Waals surface area contributed by atoms with Crippen molar-refractivity contribution in [2.45, 2.75) is 26.2 Å². The molecule has 0 atom stereocenters. The first-order valence-electron chi connectivity index (χ1n) is 7.61. The van der Waals surface area contributed by atoms with Gasteiger partial charge in [-0.05, 0) is 36.8 Å². The summed E-state index contributed by atoms with van der Waals surface area (Å²) in [6, 6.07) is 10.4. The van der Waals surface area contributed by atoms with Crippen molar-refractivity contribution in [1.29, 1.82) is 0 Å². The molecule has 2 rings (SSSR count). The number of esters is 1. The Bertz CT molecular complexity index is 728. The lowest BCUT2D eigenvalue weighted by atomic mass is 10.1. The molecular weight excluding hydrogens is 330 g/mol. The van der Waals surface area contributed by atoms with E-state index in [2.05, 4.69) is 4.98 Å². The number of aromatic nitrogens is 1. The summed E-state index contributed by atoms with van der Waals surface area (Å²) in [5.41, 5.74) is 1.61. The molecule has 0 radical (unpaired) electrons. The molecule has 1 aromatic carbocycles. The maximum Gasteiger partial charge on any atom is 0.306 e. The third-order valence-corrected chi connectivity index (χ3v) is 3.61. The summed E-state index contributed by atoms with van der Waals surface area (Å²) in [5, 5.41) is 10.5. The molecule has 0 aliphatic carbocycles. The number of ketones is 1. The van der Waals surface area contributed by atoms with Crippen LogP contribution in [0.3, 0.4) is 0 Å². The van der Waals surface area contributed by atoms with Crippen molar-refractivity contribution in [3.05, 3.63) is 58.4 Å². The van der Waals surface area contributed by atoms with Gasteiger partial charge in [-0.25, -0.2) is 4.98 Å². The van der Waals surface area contributed by atoms with E-state index < -0.39 is 11.8 Å². The molecule has 1 heterocycles. The van der Waals surface area contributed by atoms with Gasteiger partial charge in [-0.3, -0.25) is 9.59 Å². The fourth-order valence-electron chi connectivity index (χ4n) is 2.17. The van der Waals surface area contributed by atoms with Crippen LogP contribution in [0.5, 0.6) is 5.75 Å². The second-order valence-corrected chi connectivity index (χ2v) is 5.64. The van der Waals surface area contributed by atoms with Crippen LogP contribution >= 0.6 is 11.6 Å². The first-order chi connectivity index (χ1) is 11.5. The molecule has 126 valence electrons. The van der Waals surface area contributed by atoms with Gasteiger partial charge in [0.15, 0.2) is 5.78 Å². The van der Waals surface area contributed by atoms with Crippen molar-refractivity contribution in [2.24, 2.45) is 0 Å². The standard InChI is InChI=1S/C18H18ClNO4/c1-2-24-17(23)10-9-16(22)18-15(21)8-7-14(20-18)11-12-3-5-13(19)6-4-12/h3-8,21H,2,9-11H2,1H3. The van der Waals surface area contributed by atoms with Gasteiger partial charge in [0.1, 0.15) is 11.4 Å². The number of aromatic hydroxyl groups is 1. The molecule has 0 bridgehead atoms. The number of rotatable bonds is 7. The first kappa shape index (κ1) is 17.9. The lowest BCUT2D eigenvalue weighted by Crippen LogP contribution is -2.10. The van der Waals surface area contributed by atoms with Gasteiger partial charge in [0, 0.05) is 23.6 Å². The lowest BCUT2D eigenvalue weighted by Gasteiger charge is -2.07. The molecule has 24 heavy (non-hydrogen) atoms. The second-order valence-electron chi connectivity index (χ2n) is 5.20. The lowest BCUT2D eigenvalue weighted by molar-refractivity contribution is -0.143. The molecule has 0 saturated carbocycles. The Labute approximate surface area is 145 Å². The summed E-state index contributed by atoms with van der Waals surface area (Å²) in [4.78, 5) is 27.7. The zero-order valence-corrected chi connectivity index (χ0v) is 14.0. The maximum absolute atomic E-state index is 12.2. The third-order valence-electron chi connectivity index (χ3n) is 3.36. The minimum Gasteiger partial charge on any atom is -0.506 e. The molecule has 0 aliphatic rings. The minimum atomic E-state index is -0.442. The van der Waals surface area contributed by atoms with Crippen LogP contribution in [0.1, 0.15) is 41.5 Å². The topological polar surface area (TPSA) is 76.5 Å². The van der Waals surface area contributed by atoms with E-state index in [-0.39, 0.29) is 30.9 Å². The molecule has 0 fully saturated rings. The molecule has 0 amide bonds. The average molecular weight is 348 g/mol. The molecule has 1 aromatic heterocycles. The molecule has 5 nitrogen and oxygen atoms in total. The van der Waals surface area contributed by atoms with Gasteiger partial charge in [-0.15, -0.1) is 0 Å². The number of hydrogen-bond donors (Lipinski definition) is 1. The number of ether oxygens (including phenoxy) is 1. The van der Waals surface area contributed by atoms with E-state index >= 15 is 0 Å². The third kappa shape index (κ3) is 5.06. The Morgan fingerprint density at radius 2 is 1.83 bits per heavy atom. The predicted octanol–water partition coefficient (Wildman–Crippen LogP) is 3.56. The van der Waals surface area contributed by atoms with Gasteiger partial charge >= 0.3 is 5.97 Å². The predicted molar refractivity (Wildman–Crippen MR) is 90.4 cm³/mol. The van der Waals surface area contributed by atoms with Crippen LogP contribution in [-0.4, -0.2) is 28.4 Å². The van der Waals surface area contributed by atoms with Crippen LogP contribution in [0, 0.1) is 0 Å². The molecule has 0 spiro atoms. The smallest absolute Gasteiger partial charge is 0.306 e. The first-order valence-corrected chi connectivity index (χ1v) is 7.99. The summed E-state index contributed by atoms with van der Waals surface area (Å²) in [6.45, 7) is 1.97. The Morgan fingerprint density at radius 1 is 1.12 bits per heavy atom. The van der Waals surface area contributed by atoms with Crippen LogP contribution < -0.4 is 0 Å². The van der Waals surface area contributed by atoms with E-state index in [1.165, 1.54) is 6.07 Å². The van der Waals surface area contributed by atoms with E-state index in [4.69, 9.17) is 16.3 Å². The maximum atomic E-state index is 12.2. The number of carbonyl (C=O) groups is 2. The zero-order chi connectivity index (χ0) is 17.5. The fourth-order valence-corrected chi connectivity index (χ4v) is 2.30. The van der Waals surface area contributed by atoms with Crippen molar-refractivity contribution in [2.75, 3.05) is 6.61 Å². The minimum absolute atomic E-state index is 0.0224. The van der Waals surface area contributed by atoms with E-state index in [0.29, 0.717) is 17.1 Å². The van der Waals surface area contributed by atoms with E-state index in [0.717, 1.165) is 5.56 Å². The van der Waals surface area contributed by atoms with Gasteiger partial charge in [0.05, 0.1) is 13.0 Å². The van der Waals surface area contributed by atoms with E-state index in [9.17, 15) is 14.7 Å². The van der Waals surface area contributed by atoms with Gasteiger partial charge in [-0.2, -0.15) is 0 Å². The van der Waals surface area contributed by atoms with Crippen LogP contribution in [-0.2, 0) is 16.0 Å². The normalized spacial score (nSPS) is 10.4. The van der Waals surface area contributed by atoms with Crippen LogP contribution in [0.2, 0.25) is 5.02 Å². The second kappa shape index (κ2) is 8.45. The summed E-state index contributed by atoms with van der Waals surface area (Å²) in [6.07, 6.45) is 0.425. The van der Waals surface area contributed by atoms with Crippen molar-refractivity contribution in [3.63, 3.8) is 0 Å². The van der Waals surface area contributed by atoms with Crippen LogP contribution in [0.15, 0.2) is 36.4 Å². The van der Waals surface area contributed by atoms with Crippen molar-refractivity contribution < 1.29 is 19.4 Å². The van der Waals surface area contributed by atoms with Crippen molar-refractivity contribution in [1.82, 2.24) is 4.98 Å². The van der Waals surface area contributed by atoms with E-state index in [1.807, 2.05) is 12.1 Å². The number of Topliss-reactive ketones (excluding diaryl/α,β-unsaturated/α-hetero) is 1. The number of halogens is 1. The summed E-state index contributed by atoms with van der Waals surface area (Å²) in [7, 11) is 0. The van der Waals surface area contributed by atoms with Crippen LogP contribution in [0.25, 0.3) is 0 Å². The number of carbonyl (C=O) groups excluding carboxylic acids is 2. The number of pyridine rings is 1. The molecule has 1 N–H and O–H groups in total. The Balaban J connectivity index is 2.08. The fraction of sp³-hybridized carbons (Fsp3) is 0.278. The molecule has 0 saturated heterocycles. The molecule has 0 unspecified atom stereocenters. The van der Waals surface area contributed by atoms with Crippen molar-refractivity contribution in [3.8, 4) is 5.75 Å². The van der Waals surface area contributed by atoms with Gasteiger partial charge < -0.3 is 9.84 Å². The number of nitrogens with zero attached hydrogens (tertiary/aromatic N) is 1. The molecule has 6 heteroatoms. The SMILES string of the molecule is CCOC(=O)CCC(=O)c1nc(Cc2ccc(Cl)cc2)ccc1O. The highest BCUT2D eigenvalue weighted by Gasteiger charge is 2.16.